The van der Waals surface area contributed by atoms with E-state index in [2.05, 4.69) is 38.0 Å². The Balaban J connectivity index is 0. The van der Waals surface area contributed by atoms with E-state index in [0.717, 1.165) is 13.1 Å². The van der Waals surface area contributed by atoms with Gasteiger partial charge in [0.05, 0.1) is 0 Å². The van der Waals surface area contributed by atoms with Crippen LogP contribution in [0.5, 0.6) is 0 Å². The highest BCUT2D eigenvalue weighted by molar-refractivity contribution is 7.30. The molecule has 0 saturated carbocycles. The van der Waals surface area contributed by atoms with Crippen molar-refractivity contribution in [1.82, 2.24) is 9.80 Å². The van der Waals surface area contributed by atoms with Crippen molar-refractivity contribution in [2.75, 3.05) is 41.3 Å². The first-order valence-electron chi connectivity index (χ1n) is 3.57. The number of nitrogens with zero attached hydrogens (tertiary/aromatic N) is 2. The Morgan fingerprint density at radius 3 is 1.25 bits per heavy atom. The summed E-state index contributed by atoms with van der Waals surface area (Å²) >= 11 is 0. The fourth-order valence-corrected chi connectivity index (χ4v) is 0.400. The van der Waals surface area contributed by atoms with Crippen LogP contribution in [0.25, 0.3) is 0 Å². The molecular formula is C6H19N2O3P. The van der Waals surface area contributed by atoms with Gasteiger partial charge in [0.1, 0.15) is 0 Å². The van der Waals surface area contributed by atoms with Crippen LogP contribution in [-0.4, -0.2) is 60.9 Å². The zero-order valence-corrected chi connectivity index (χ0v) is 9.11. The van der Waals surface area contributed by atoms with Gasteiger partial charge in [-0.15, -0.1) is 0 Å². The molecule has 0 spiro atoms. The maximum Gasteiger partial charge on any atom is 0.314 e. The van der Waals surface area contributed by atoms with Crippen LogP contribution < -0.4 is 0 Å². The van der Waals surface area contributed by atoms with E-state index >= 15 is 0 Å². The Bertz CT molecular complexity index is 107. The summed E-state index contributed by atoms with van der Waals surface area (Å²) in [5, 5.41) is 0. The van der Waals surface area contributed by atoms with E-state index in [1.165, 1.54) is 0 Å². The second kappa shape index (κ2) is 9.16. The van der Waals surface area contributed by atoms with Crippen LogP contribution in [0, 0.1) is 0 Å². The van der Waals surface area contributed by atoms with Crippen molar-refractivity contribution in [2.24, 2.45) is 0 Å². The minimum atomic E-state index is -3.13. The largest absolute Gasteiger partial charge is 0.326 e. The molecule has 0 aromatic rings. The van der Waals surface area contributed by atoms with Crippen LogP contribution in [0.1, 0.15) is 0 Å². The molecule has 0 aromatic heterocycles. The van der Waals surface area contributed by atoms with Gasteiger partial charge in [0.2, 0.25) is 0 Å². The van der Waals surface area contributed by atoms with E-state index < -0.39 is 8.25 Å². The lowest BCUT2D eigenvalue weighted by atomic mass is 10.5. The Labute approximate surface area is 74.6 Å². The molecule has 0 bridgehead atoms. The normalized spacial score (nSPS) is 10.4. The molecule has 0 saturated heterocycles. The Kier molecular flexibility index (Phi) is 11.1. The van der Waals surface area contributed by atoms with Crippen LogP contribution in [0.3, 0.4) is 0 Å². The van der Waals surface area contributed by atoms with Crippen molar-refractivity contribution < 1.29 is 14.4 Å². The zero-order valence-electron chi connectivity index (χ0n) is 8.11. The van der Waals surface area contributed by atoms with Gasteiger partial charge < -0.3 is 19.6 Å². The average molecular weight is 198 g/mol. The molecule has 0 aromatic carbocycles. The van der Waals surface area contributed by atoms with E-state index in [-0.39, 0.29) is 0 Å². The summed E-state index contributed by atoms with van der Waals surface area (Å²) in [6.07, 6.45) is 0. The first-order valence-corrected chi connectivity index (χ1v) is 4.88. The highest BCUT2D eigenvalue weighted by Crippen LogP contribution is 1.98. The van der Waals surface area contributed by atoms with Crippen molar-refractivity contribution in [1.29, 1.82) is 0 Å². The van der Waals surface area contributed by atoms with Crippen LogP contribution in [-0.2, 0) is 4.57 Å². The molecule has 6 heteroatoms. The van der Waals surface area contributed by atoms with E-state index in [9.17, 15) is 0 Å². The number of rotatable bonds is 3. The molecule has 5 nitrogen and oxygen atoms in total. The summed E-state index contributed by atoms with van der Waals surface area (Å²) < 4.78 is 8.74. The molecule has 0 aliphatic heterocycles. The standard InChI is InChI=1S/C6H16N2.H3O3P/c1-7(2)5-6-8(3)4;1-4(2)3/h5-6H2,1-4H3;4H,(H2,1,2,3). The van der Waals surface area contributed by atoms with Gasteiger partial charge in [0, 0.05) is 13.1 Å². The second-order valence-corrected chi connectivity index (χ2v) is 3.45. The van der Waals surface area contributed by atoms with Gasteiger partial charge in [-0.1, -0.05) is 0 Å². The molecule has 2 N–H and O–H groups in total. The van der Waals surface area contributed by atoms with Crippen LogP contribution >= 0.6 is 8.25 Å². The molecule has 0 radical (unpaired) electrons. The molecule has 0 rings (SSSR count). The van der Waals surface area contributed by atoms with Crippen molar-refractivity contribution in [3.05, 3.63) is 0 Å². The van der Waals surface area contributed by atoms with Gasteiger partial charge in [-0.3, -0.25) is 4.57 Å². The average Bonchev–Trinajstić information content (AvgIpc) is 1.82. The Morgan fingerprint density at radius 1 is 1.00 bits per heavy atom. The third-order valence-electron chi connectivity index (χ3n) is 0.994. The van der Waals surface area contributed by atoms with Gasteiger partial charge in [0.15, 0.2) is 0 Å². The van der Waals surface area contributed by atoms with Crippen molar-refractivity contribution in [3.63, 3.8) is 0 Å². The summed E-state index contributed by atoms with van der Waals surface area (Å²) in [5.74, 6) is 0. The van der Waals surface area contributed by atoms with Gasteiger partial charge in [-0.25, -0.2) is 0 Å². The second-order valence-electron chi connectivity index (χ2n) is 2.89. The minimum absolute atomic E-state index is 1.15. The molecule has 0 unspecified atom stereocenters. The smallest absolute Gasteiger partial charge is 0.314 e. The zero-order chi connectivity index (χ0) is 10.1. The van der Waals surface area contributed by atoms with Gasteiger partial charge >= 0.3 is 8.25 Å². The molecule has 0 atom stereocenters. The summed E-state index contributed by atoms with van der Waals surface area (Å²) in [6.45, 7) is 2.29. The fraction of sp³-hybridized carbons (Fsp3) is 1.00. The topological polar surface area (TPSA) is 64.0 Å². The maximum atomic E-state index is 8.74. The lowest BCUT2D eigenvalue weighted by Gasteiger charge is -2.13. The highest BCUT2D eigenvalue weighted by atomic mass is 31.1. The predicted octanol–water partition coefficient (Wildman–Crippen LogP) is -0.530. The molecule has 76 valence electrons. The van der Waals surface area contributed by atoms with Crippen LogP contribution in [0.4, 0.5) is 0 Å². The predicted molar refractivity (Wildman–Crippen MR) is 50.5 cm³/mol. The van der Waals surface area contributed by atoms with Crippen LogP contribution in [0.15, 0.2) is 0 Å². The van der Waals surface area contributed by atoms with E-state index in [0.29, 0.717) is 0 Å². The molecule has 0 amide bonds. The maximum absolute atomic E-state index is 8.74. The first-order chi connectivity index (χ1) is 5.36. The number of hydrogen-bond donors (Lipinski definition) is 2. The highest BCUT2D eigenvalue weighted by Gasteiger charge is 1.89. The lowest BCUT2D eigenvalue weighted by Crippen LogP contribution is -2.25. The summed E-state index contributed by atoms with van der Waals surface area (Å²) in [6, 6.07) is 0. The van der Waals surface area contributed by atoms with Crippen molar-refractivity contribution >= 4 is 8.25 Å². The third kappa shape index (κ3) is 32.2. The Hall–Kier alpha value is 0.0700. The quantitative estimate of drug-likeness (QED) is 0.597. The van der Waals surface area contributed by atoms with Crippen molar-refractivity contribution in [3.8, 4) is 0 Å². The van der Waals surface area contributed by atoms with Crippen molar-refractivity contribution in [2.45, 2.75) is 0 Å². The SMILES string of the molecule is CN(C)CCN(C)C.O=[PH](O)O. The van der Waals surface area contributed by atoms with E-state index in [1.54, 1.807) is 0 Å². The first kappa shape index (κ1) is 14.6. The Morgan fingerprint density at radius 2 is 1.17 bits per heavy atom. The number of hydrogen-bond acceptors (Lipinski definition) is 3. The van der Waals surface area contributed by atoms with E-state index in [4.69, 9.17) is 14.4 Å². The van der Waals surface area contributed by atoms with E-state index in [1.807, 2.05) is 0 Å². The molecular weight excluding hydrogens is 179 g/mol. The molecule has 0 aliphatic carbocycles. The van der Waals surface area contributed by atoms with Gasteiger partial charge in [-0.05, 0) is 28.2 Å². The minimum Gasteiger partial charge on any atom is -0.326 e. The summed E-state index contributed by atoms with van der Waals surface area (Å²) in [5.41, 5.74) is 0. The summed E-state index contributed by atoms with van der Waals surface area (Å²) in [4.78, 5) is 18.7. The molecule has 0 fully saturated rings. The summed E-state index contributed by atoms with van der Waals surface area (Å²) in [7, 11) is 5.22. The third-order valence-corrected chi connectivity index (χ3v) is 0.994. The fourth-order valence-electron chi connectivity index (χ4n) is 0.400. The van der Waals surface area contributed by atoms with Crippen LogP contribution in [0.2, 0.25) is 0 Å². The van der Waals surface area contributed by atoms with Gasteiger partial charge in [-0.2, -0.15) is 0 Å². The molecule has 0 heterocycles. The molecule has 0 aliphatic rings. The van der Waals surface area contributed by atoms with Gasteiger partial charge in [0.25, 0.3) is 0 Å². The number of likely N-dealkylation sites (N-methyl/N-ethyl adjacent to an activating group) is 2. The lowest BCUT2D eigenvalue weighted by molar-refractivity contribution is 0.320. The molecule has 12 heavy (non-hydrogen) atoms. The monoisotopic (exact) mass is 198 g/mol.